The molecule has 2 atom stereocenters. The second-order valence-corrected chi connectivity index (χ2v) is 7.51. The summed E-state index contributed by atoms with van der Waals surface area (Å²) in [5.74, 6) is -1.74. The van der Waals surface area contributed by atoms with E-state index in [1.807, 2.05) is 0 Å². The fourth-order valence-electron chi connectivity index (χ4n) is 2.58. The van der Waals surface area contributed by atoms with E-state index < -0.39 is 28.0 Å². The first-order chi connectivity index (χ1) is 10.9. The molecule has 1 fully saturated rings. The predicted octanol–water partition coefficient (Wildman–Crippen LogP) is 0.181. The van der Waals surface area contributed by atoms with Gasteiger partial charge in [0.1, 0.15) is 0 Å². The first-order valence-electron chi connectivity index (χ1n) is 7.77. The third-order valence-corrected chi connectivity index (χ3v) is 5.81. The van der Waals surface area contributed by atoms with Crippen molar-refractivity contribution in [2.24, 2.45) is 5.92 Å². The fourth-order valence-corrected chi connectivity index (χ4v) is 4.20. The minimum atomic E-state index is -3.52. The van der Waals surface area contributed by atoms with E-state index in [0.29, 0.717) is 45.8 Å². The van der Waals surface area contributed by atoms with E-state index >= 15 is 0 Å². The molecule has 0 aromatic rings. The van der Waals surface area contributed by atoms with Gasteiger partial charge >= 0.3 is 5.97 Å². The summed E-state index contributed by atoms with van der Waals surface area (Å²) >= 11 is 0. The van der Waals surface area contributed by atoms with Gasteiger partial charge in [0.25, 0.3) is 0 Å². The van der Waals surface area contributed by atoms with E-state index in [1.54, 1.807) is 14.0 Å². The van der Waals surface area contributed by atoms with Crippen molar-refractivity contribution in [3.8, 4) is 0 Å². The standard InChI is InChI=1S/C14H27NO7S/c1-12-13(14(16)17)4-3-5-15(12)23(18,19)11-10-22-9-8-21-7-6-20-2/h12-13H,3-11H2,1-2H3,(H,16,17)/t12-,13-/m0/s1. The quantitative estimate of drug-likeness (QED) is 0.529. The van der Waals surface area contributed by atoms with E-state index in [4.69, 9.17) is 19.3 Å². The molecule has 0 aromatic heterocycles. The van der Waals surface area contributed by atoms with Crippen LogP contribution in [0.1, 0.15) is 19.8 Å². The Hall–Kier alpha value is -0.740. The maximum atomic E-state index is 12.3. The van der Waals surface area contributed by atoms with Crippen LogP contribution in [0.2, 0.25) is 0 Å². The highest BCUT2D eigenvalue weighted by Crippen LogP contribution is 2.26. The lowest BCUT2D eigenvalue weighted by molar-refractivity contribution is -0.144. The number of sulfonamides is 1. The molecule has 1 aliphatic heterocycles. The van der Waals surface area contributed by atoms with Crippen LogP contribution in [0.3, 0.4) is 0 Å². The van der Waals surface area contributed by atoms with E-state index in [2.05, 4.69) is 0 Å². The summed E-state index contributed by atoms with van der Waals surface area (Å²) < 4.78 is 41.3. The molecule has 0 aliphatic carbocycles. The van der Waals surface area contributed by atoms with Crippen molar-refractivity contribution in [2.75, 3.05) is 52.4 Å². The molecule has 0 amide bonds. The molecule has 1 rings (SSSR count). The fraction of sp³-hybridized carbons (Fsp3) is 0.929. The van der Waals surface area contributed by atoms with E-state index in [1.165, 1.54) is 4.31 Å². The van der Waals surface area contributed by atoms with Crippen molar-refractivity contribution in [3.63, 3.8) is 0 Å². The van der Waals surface area contributed by atoms with Gasteiger partial charge in [-0.25, -0.2) is 8.42 Å². The molecule has 1 saturated heterocycles. The van der Waals surface area contributed by atoms with Gasteiger partial charge in [-0.2, -0.15) is 4.31 Å². The average Bonchev–Trinajstić information content (AvgIpc) is 2.49. The topological polar surface area (TPSA) is 102 Å². The monoisotopic (exact) mass is 353 g/mol. The second-order valence-electron chi connectivity index (χ2n) is 5.47. The zero-order valence-corrected chi connectivity index (χ0v) is 14.6. The number of carboxylic acids is 1. The van der Waals surface area contributed by atoms with Crippen LogP contribution in [-0.4, -0.2) is 82.3 Å². The third kappa shape index (κ3) is 6.72. The maximum absolute atomic E-state index is 12.3. The summed E-state index contributed by atoms with van der Waals surface area (Å²) in [4.78, 5) is 11.2. The summed E-state index contributed by atoms with van der Waals surface area (Å²) in [7, 11) is -1.93. The Morgan fingerprint density at radius 2 is 1.78 bits per heavy atom. The summed E-state index contributed by atoms with van der Waals surface area (Å²) in [6, 6.07) is -0.524. The Morgan fingerprint density at radius 1 is 1.17 bits per heavy atom. The molecule has 0 aromatic carbocycles. The molecule has 136 valence electrons. The number of hydrogen-bond donors (Lipinski definition) is 1. The van der Waals surface area contributed by atoms with Crippen LogP contribution in [0.5, 0.6) is 0 Å². The van der Waals surface area contributed by atoms with Gasteiger partial charge in [0.2, 0.25) is 10.0 Å². The summed E-state index contributed by atoms with van der Waals surface area (Å²) in [6.45, 7) is 3.76. The average molecular weight is 353 g/mol. The molecule has 1 N–H and O–H groups in total. The number of rotatable bonds is 11. The van der Waals surface area contributed by atoms with Gasteiger partial charge in [-0.15, -0.1) is 0 Å². The van der Waals surface area contributed by atoms with Crippen LogP contribution < -0.4 is 0 Å². The number of aliphatic carboxylic acids is 1. The largest absolute Gasteiger partial charge is 0.481 e. The lowest BCUT2D eigenvalue weighted by Gasteiger charge is -2.36. The first-order valence-corrected chi connectivity index (χ1v) is 9.38. The van der Waals surface area contributed by atoms with Crippen molar-refractivity contribution in [1.82, 2.24) is 4.31 Å². The minimum absolute atomic E-state index is 0.0664. The molecule has 0 radical (unpaired) electrons. The Morgan fingerprint density at radius 3 is 2.39 bits per heavy atom. The maximum Gasteiger partial charge on any atom is 0.308 e. The molecule has 1 heterocycles. The number of nitrogens with zero attached hydrogens (tertiary/aromatic N) is 1. The molecule has 1 aliphatic rings. The number of carboxylic acid groups (broad SMARTS) is 1. The Kier molecular flexibility index (Phi) is 9.00. The summed E-state index contributed by atoms with van der Waals surface area (Å²) in [6.07, 6.45) is 1.08. The minimum Gasteiger partial charge on any atom is -0.481 e. The van der Waals surface area contributed by atoms with Crippen molar-refractivity contribution >= 4 is 16.0 Å². The molecule has 9 heteroatoms. The highest BCUT2D eigenvalue weighted by molar-refractivity contribution is 7.89. The van der Waals surface area contributed by atoms with Crippen LogP contribution in [0.25, 0.3) is 0 Å². The van der Waals surface area contributed by atoms with Crippen LogP contribution in [0.15, 0.2) is 0 Å². The van der Waals surface area contributed by atoms with E-state index in [9.17, 15) is 13.2 Å². The number of methoxy groups -OCH3 is 1. The lowest BCUT2D eigenvalue weighted by Crippen LogP contribution is -2.50. The molecular weight excluding hydrogens is 326 g/mol. The van der Waals surface area contributed by atoms with Crippen molar-refractivity contribution < 1.29 is 32.5 Å². The van der Waals surface area contributed by atoms with Crippen LogP contribution in [-0.2, 0) is 29.0 Å². The SMILES string of the molecule is COCCOCCOCCS(=O)(=O)N1CCC[C@H](C(=O)O)[C@@H]1C. The van der Waals surface area contributed by atoms with Gasteiger partial charge in [0.15, 0.2) is 0 Å². The summed E-state index contributed by atoms with van der Waals surface area (Å²) in [5, 5.41) is 9.16. The second kappa shape index (κ2) is 10.2. The highest BCUT2D eigenvalue weighted by atomic mass is 32.2. The number of carbonyl (C=O) groups is 1. The number of ether oxygens (including phenoxy) is 3. The Labute approximate surface area is 137 Å². The Balaban J connectivity index is 2.33. The molecule has 23 heavy (non-hydrogen) atoms. The molecular formula is C14H27NO7S. The van der Waals surface area contributed by atoms with Gasteiger partial charge in [-0.3, -0.25) is 4.79 Å². The van der Waals surface area contributed by atoms with Crippen molar-refractivity contribution in [2.45, 2.75) is 25.8 Å². The van der Waals surface area contributed by atoms with Gasteiger partial charge in [-0.05, 0) is 19.8 Å². The number of hydrogen-bond acceptors (Lipinski definition) is 6. The van der Waals surface area contributed by atoms with Gasteiger partial charge in [0, 0.05) is 19.7 Å². The van der Waals surface area contributed by atoms with Crippen LogP contribution in [0.4, 0.5) is 0 Å². The van der Waals surface area contributed by atoms with Gasteiger partial charge in [0.05, 0.1) is 44.7 Å². The molecule has 0 saturated carbocycles. The van der Waals surface area contributed by atoms with Crippen LogP contribution >= 0.6 is 0 Å². The van der Waals surface area contributed by atoms with Gasteiger partial charge < -0.3 is 19.3 Å². The Bertz CT molecular complexity index is 454. The number of piperidine rings is 1. The highest BCUT2D eigenvalue weighted by Gasteiger charge is 2.38. The van der Waals surface area contributed by atoms with E-state index in [-0.39, 0.29) is 12.4 Å². The normalized spacial score (nSPS) is 23.0. The predicted molar refractivity (Wildman–Crippen MR) is 83.8 cm³/mol. The van der Waals surface area contributed by atoms with Gasteiger partial charge in [-0.1, -0.05) is 0 Å². The lowest BCUT2D eigenvalue weighted by atomic mass is 9.92. The molecule has 8 nitrogen and oxygen atoms in total. The zero-order valence-electron chi connectivity index (χ0n) is 13.8. The smallest absolute Gasteiger partial charge is 0.308 e. The zero-order chi connectivity index (χ0) is 17.3. The van der Waals surface area contributed by atoms with Crippen molar-refractivity contribution in [1.29, 1.82) is 0 Å². The first kappa shape index (κ1) is 20.3. The van der Waals surface area contributed by atoms with Crippen molar-refractivity contribution in [3.05, 3.63) is 0 Å². The molecule has 0 bridgehead atoms. The van der Waals surface area contributed by atoms with Crippen LogP contribution in [0, 0.1) is 5.92 Å². The summed E-state index contributed by atoms with van der Waals surface area (Å²) in [5.41, 5.74) is 0. The van der Waals surface area contributed by atoms with E-state index in [0.717, 1.165) is 0 Å². The molecule has 0 unspecified atom stereocenters. The third-order valence-electron chi connectivity index (χ3n) is 3.89. The molecule has 0 spiro atoms.